The Bertz CT molecular complexity index is 660. The fraction of sp³-hybridized carbons (Fsp3) is 0.188. The van der Waals surface area contributed by atoms with Gasteiger partial charge in [0, 0.05) is 18.7 Å². The van der Waals surface area contributed by atoms with Gasteiger partial charge in [-0.15, -0.1) is 0 Å². The van der Waals surface area contributed by atoms with E-state index in [9.17, 15) is 4.39 Å². The maximum absolute atomic E-state index is 13.1. The van der Waals surface area contributed by atoms with Gasteiger partial charge < -0.3 is 5.73 Å². The van der Waals surface area contributed by atoms with Crippen LogP contribution >= 0.6 is 23.8 Å². The average molecular weight is 323 g/mol. The first-order valence-electron chi connectivity index (χ1n) is 6.47. The predicted octanol–water partition coefficient (Wildman–Crippen LogP) is 3.75. The standard InChI is InChI=1S/C16H16ClFN2S/c1-20(10-12-5-6-15(18)14(17)8-12)9-11-3-2-4-13(7-11)16(19)21/h2-8H,9-10H2,1H3,(H2,19,21). The minimum atomic E-state index is -0.396. The van der Waals surface area contributed by atoms with E-state index in [-0.39, 0.29) is 5.02 Å². The summed E-state index contributed by atoms with van der Waals surface area (Å²) in [4.78, 5) is 2.51. The van der Waals surface area contributed by atoms with E-state index in [1.165, 1.54) is 6.07 Å². The molecule has 0 saturated carbocycles. The molecule has 0 fully saturated rings. The van der Waals surface area contributed by atoms with Gasteiger partial charge in [0.2, 0.25) is 0 Å². The van der Waals surface area contributed by atoms with Crippen LogP contribution in [0, 0.1) is 5.82 Å². The average Bonchev–Trinajstić information content (AvgIpc) is 2.43. The number of hydrogen-bond acceptors (Lipinski definition) is 2. The minimum Gasteiger partial charge on any atom is -0.389 e. The van der Waals surface area contributed by atoms with E-state index in [4.69, 9.17) is 29.6 Å². The molecule has 0 aliphatic carbocycles. The lowest BCUT2D eigenvalue weighted by Gasteiger charge is -2.17. The lowest BCUT2D eigenvalue weighted by molar-refractivity contribution is 0.319. The Hall–Kier alpha value is -1.49. The van der Waals surface area contributed by atoms with E-state index in [2.05, 4.69) is 4.90 Å². The van der Waals surface area contributed by atoms with Crippen LogP contribution in [0.5, 0.6) is 0 Å². The molecule has 0 bridgehead atoms. The van der Waals surface area contributed by atoms with Crippen LogP contribution in [0.4, 0.5) is 4.39 Å². The molecule has 0 heterocycles. The van der Waals surface area contributed by atoms with Crippen LogP contribution in [-0.2, 0) is 13.1 Å². The number of nitrogens with two attached hydrogens (primary N) is 1. The zero-order valence-corrected chi connectivity index (χ0v) is 13.2. The number of hydrogen-bond donors (Lipinski definition) is 1. The zero-order chi connectivity index (χ0) is 15.4. The number of halogens is 2. The van der Waals surface area contributed by atoms with E-state index < -0.39 is 5.82 Å². The van der Waals surface area contributed by atoms with Gasteiger partial charge in [-0.05, 0) is 36.4 Å². The molecule has 0 amide bonds. The molecule has 0 saturated heterocycles. The van der Waals surface area contributed by atoms with Gasteiger partial charge >= 0.3 is 0 Å². The van der Waals surface area contributed by atoms with Crippen LogP contribution in [0.25, 0.3) is 0 Å². The molecule has 110 valence electrons. The summed E-state index contributed by atoms with van der Waals surface area (Å²) in [6.07, 6.45) is 0. The number of benzene rings is 2. The number of nitrogens with zero attached hydrogens (tertiary/aromatic N) is 1. The zero-order valence-electron chi connectivity index (χ0n) is 11.6. The van der Waals surface area contributed by atoms with Gasteiger partial charge in [-0.25, -0.2) is 4.39 Å². The van der Waals surface area contributed by atoms with Crippen LogP contribution in [0.1, 0.15) is 16.7 Å². The molecule has 0 aromatic heterocycles. The van der Waals surface area contributed by atoms with Gasteiger partial charge in [-0.2, -0.15) is 0 Å². The van der Waals surface area contributed by atoms with Gasteiger partial charge in [0.25, 0.3) is 0 Å². The van der Waals surface area contributed by atoms with E-state index >= 15 is 0 Å². The number of thiocarbonyl (C=S) groups is 1. The van der Waals surface area contributed by atoms with Crippen molar-refractivity contribution in [3.8, 4) is 0 Å². The highest BCUT2D eigenvalue weighted by molar-refractivity contribution is 7.80. The van der Waals surface area contributed by atoms with Crippen molar-refractivity contribution in [2.75, 3.05) is 7.05 Å². The van der Waals surface area contributed by atoms with Crippen molar-refractivity contribution in [3.05, 3.63) is 70.0 Å². The minimum absolute atomic E-state index is 0.149. The molecule has 2 aromatic carbocycles. The first-order chi connectivity index (χ1) is 9.95. The van der Waals surface area contributed by atoms with Crippen molar-refractivity contribution in [2.24, 2.45) is 5.73 Å². The van der Waals surface area contributed by atoms with Crippen molar-refractivity contribution in [2.45, 2.75) is 13.1 Å². The fourth-order valence-electron chi connectivity index (χ4n) is 2.14. The smallest absolute Gasteiger partial charge is 0.141 e. The van der Waals surface area contributed by atoms with Crippen LogP contribution in [-0.4, -0.2) is 16.9 Å². The predicted molar refractivity (Wildman–Crippen MR) is 88.9 cm³/mol. The molecule has 0 aliphatic heterocycles. The molecule has 2 rings (SSSR count). The van der Waals surface area contributed by atoms with Gasteiger partial charge in [0.05, 0.1) is 5.02 Å². The molecule has 2 nitrogen and oxygen atoms in total. The Kier molecular flexibility index (Phi) is 5.28. The summed E-state index contributed by atoms with van der Waals surface area (Å²) in [6.45, 7) is 1.42. The van der Waals surface area contributed by atoms with E-state index in [0.29, 0.717) is 11.5 Å². The highest BCUT2D eigenvalue weighted by Gasteiger charge is 2.06. The second-order valence-electron chi connectivity index (χ2n) is 4.99. The Balaban J connectivity index is 2.04. The largest absolute Gasteiger partial charge is 0.389 e. The Morgan fingerprint density at radius 1 is 1.19 bits per heavy atom. The van der Waals surface area contributed by atoms with Crippen LogP contribution in [0.2, 0.25) is 5.02 Å². The van der Waals surface area contributed by atoms with E-state index in [1.807, 2.05) is 31.3 Å². The van der Waals surface area contributed by atoms with Crippen LogP contribution < -0.4 is 5.73 Å². The summed E-state index contributed by atoms with van der Waals surface area (Å²) in [5.74, 6) is -0.396. The third-order valence-corrected chi connectivity index (χ3v) is 3.63. The molecule has 2 aromatic rings. The summed E-state index contributed by atoms with van der Waals surface area (Å²) < 4.78 is 13.1. The van der Waals surface area contributed by atoms with E-state index in [0.717, 1.165) is 23.2 Å². The highest BCUT2D eigenvalue weighted by atomic mass is 35.5. The van der Waals surface area contributed by atoms with Crippen molar-refractivity contribution in [3.63, 3.8) is 0 Å². The summed E-state index contributed by atoms with van der Waals surface area (Å²) in [5, 5.41) is 0.149. The lowest BCUT2D eigenvalue weighted by atomic mass is 10.1. The lowest BCUT2D eigenvalue weighted by Crippen LogP contribution is -2.18. The molecule has 0 radical (unpaired) electrons. The summed E-state index contributed by atoms with van der Waals surface area (Å²) >= 11 is 10.8. The Labute approximate surface area is 134 Å². The first kappa shape index (κ1) is 15.9. The van der Waals surface area contributed by atoms with Crippen molar-refractivity contribution in [1.82, 2.24) is 4.90 Å². The quantitative estimate of drug-likeness (QED) is 0.850. The van der Waals surface area contributed by atoms with Crippen molar-refractivity contribution in [1.29, 1.82) is 0 Å². The van der Waals surface area contributed by atoms with Crippen LogP contribution in [0.15, 0.2) is 42.5 Å². The Morgan fingerprint density at radius 3 is 2.48 bits per heavy atom. The molecule has 0 aliphatic rings. The van der Waals surface area contributed by atoms with E-state index in [1.54, 1.807) is 12.1 Å². The molecular formula is C16H16ClFN2S. The molecule has 21 heavy (non-hydrogen) atoms. The maximum Gasteiger partial charge on any atom is 0.141 e. The Morgan fingerprint density at radius 2 is 1.86 bits per heavy atom. The topological polar surface area (TPSA) is 29.3 Å². The second kappa shape index (κ2) is 6.98. The fourth-order valence-corrected chi connectivity index (χ4v) is 2.47. The first-order valence-corrected chi connectivity index (χ1v) is 7.25. The summed E-state index contributed by atoms with van der Waals surface area (Å²) in [5.41, 5.74) is 8.59. The van der Waals surface area contributed by atoms with Gasteiger partial charge in [-0.3, -0.25) is 4.90 Å². The highest BCUT2D eigenvalue weighted by Crippen LogP contribution is 2.17. The summed E-state index contributed by atoms with van der Waals surface area (Å²) in [7, 11) is 1.99. The molecular weight excluding hydrogens is 307 g/mol. The monoisotopic (exact) mass is 322 g/mol. The molecule has 0 atom stereocenters. The third kappa shape index (κ3) is 4.49. The third-order valence-electron chi connectivity index (χ3n) is 3.10. The molecule has 2 N–H and O–H groups in total. The normalized spacial score (nSPS) is 10.9. The molecule has 0 unspecified atom stereocenters. The molecule has 0 spiro atoms. The maximum atomic E-state index is 13.1. The van der Waals surface area contributed by atoms with Crippen LogP contribution in [0.3, 0.4) is 0 Å². The van der Waals surface area contributed by atoms with Gasteiger partial charge in [0.1, 0.15) is 10.8 Å². The van der Waals surface area contributed by atoms with Gasteiger partial charge in [0.15, 0.2) is 0 Å². The van der Waals surface area contributed by atoms with Gasteiger partial charge in [-0.1, -0.05) is 48.1 Å². The summed E-state index contributed by atoms with van der Waals surface area (Å²) in [6, 6.07) is 12.6. The number of rotatable bonds is 5. The van der Waals surface area contributed by atoms with Crippen molar-refractivity contribution < 1.29 is 4.39 Å². The second-order valence-corrected chi connectivity index (χ2v) is 5.83. The van der Waals surface area contributed by atoms with Crippen molar-refractivity contribution >= 4 is 28.8 Å². The SMILES string of the molecule is CN(Cc1cccc(C(N)=S)c1)Cc1ccc(F)c(Cl)c1. The molecule has 5 heteroatoms.